The van der Waals surface area contributed by atoms with Gasteiger partial charge in [-0.15, -0.1) is 0 Å². The highest BCUT2D eigenvalue weighted by atomic mass is 16.6. The van der Waals surface area contributed by atoms with Gasteiger partial charge in [0.05, 0.1) is 4.92 Å². The Morgan fingerprint density at radius 1 is 1.17 bits per heavy atom. The van der Waals surface area contributed by atoms with Gasteiger partial charge >= 0.3 is 0 Å². The molecule has 1 amide bonds. The monoisotopic (exact) mass is 312 g/mol. The van der Waals surface area contributed by atoms with E-state index in [4.69, 9.17) is 0 Å². The number of nitro groups is 1. The first kappa shape index (κ1) is 16.7. The molecule has 0 saturated heterocycles. The molecule has 0 spiro atoms. The third-order valence-corrected chi connectivity index (χ3v) is 3.70. The normalized spacial score (nSPS) is 11.8. The smallest absolute Gasteiger partial charge is 0.275 e. The van der Waals surface area contributed by atoms with Crippen molar-refractivity contribution in [2.45, 2.75) is 33.2 Å². The zero-order chi connectivity index (χ0) is 17.0. The number of carbonyl (C=O) groups excluding carboxylic acids is 1. The van der Waals surface area contributed by atoms with Crippen LogP contribution in [0, 0.1) is 24.0 Å². The van der Waals surface area contributed by atoms with Gasteiger partial charge in [-0.05, 0) is 44.9 Å². The van der Waals surface area contributed by atoms with Gasteiger partial charge in [0.25, 0.3) is 11.6 Å². The van der Waals surface area contributed by atoms with Crippen molar-refractivity contribution in [3.8, 4) is 0 Å². The first-order chi connectivity index (χ1) is 10.9. The number of aryl methyl sites for hydroxylation is 2. The van der Waals surface area contributed by atoms with E-state index in [0.717, 1.165) is 12.0 Å². The molecule has 2 rings (SSSR count). The fraction of sp³-hybridized carbons (Fsp3) is 0.278. The third-order valence-electron chi connectivity index (χ3n) is 3.70. The predicted molar refractivity (Wildman–Crippen MR) is 89.6 cm³/mol. The van der Waals surface area contributed by atoms with Gasteiger partial charge in [0.1, 0.15) is 0 Å². The summed E-state index contributed by atoms with van der Waals surface area (Å²) < 4.78 is 0. The minimum atomic E-state index is -0.412. The zero-order valence-corrected chi connectivity index (χ0v) is 13.5. The highest BCUT2D eigenvalue weighted by molar-refractivity contribution is 5.95. The van der Waals surface area contributed by atoms with Crippen molar-refractivity contribution >= 4 is 11.6 Å². The summed E-state index contributed by atoms with van der Waals surface area (Å²) in [6.45, 7) is 5.24. The maximum Gasteiger partial charge on any atom is 0.275 e. The molecule has 0 aromatic heterocycles. The Labute approximate surface area is 135 Å². The van der Waals surface area contributed by atoms with Crippen molar-refractivity contribution in [3.05, 3.63) is 74.8 Å². The van der Waals surface area contributed by atoms with Gasteiger partial charge in [-0.2, -0.15) is 0 Å². The molecule has 0 aliphatic heterocycles. The number of carbonyl (C=O) groups is 1. The molecule has 0 heterocycles. The number of rotatable bonds is 5. The van der Waals surface area contributed by atoms with E-state index < -0.39 is 4.92 Å². The van der Waals surface area contributed by atoms with Crippen LogP contribution in [0.15, 0.2) is 42.5 Å². The van der Waals surface area contributed by atoms with Crippen LogP contribution in [0.25, 0.3) is 0 Å². The van der Waals surface area contributed by atoms with Crippen LogP contribution in [-0.2, 0) is 6.42 Å². The third kappa shape index (κ3) is 4.16. The molecule has 0 bridgehead atoms. The van der Waals surface area contributed by atoms with E-state index in [9.17, 15) is 14.9 Å². The average Bonchev–Trinajstić information content (AvgIpc) is 2.46. The van der Waals surface area contributed by atoms with E-state index in [1.807, 2.05) is 37.3 Å². The molecule has 0 fully saturated rings. The molecule has 5 nitrogen and oxygen atoms in total. The molecule has 5 heteroatoms. The van der Waals surface area contributed by atoms with Crippen LogP contribution in [0.2, 0.25) is 0 Å². The Bertz CT molecular complexity index is 703. The Hall–Kier alpha value is -2.69. The molecule has 0 aliphatic carbocycles. The van der Waals surface area contributed by atoms with E-state index >= 15 is 0 Å². The van der Waals surface area contributed by atoms with Crippen LogP contribution in [0.1, 0.15) is 34.0 Å². The summed E-state index contributed by atoms with van der Waals surface area (Å²) in [6.07, 6.45) is 0.734. The quantitative estimate of drug-likeness (QED) is 0.677. The number of nitrogens with one attached hydrogen (secondary N) is 1. The molecular formula is C18H20N2O3. The minimum Gasteiger partial charge on any atom is -0.349 e. The lowest BCUT2D eigenvalue weighted by molar-refractivity contribution is -0.386. The van der Waals surface area contributed by atoms with Crippen molar-refractivity contribution in [1.82, 2.24) is 5.32 Å². The summed E-state index contributed by atoms with van der Waals surface area (Å²) in [5, 5.41) is 13.9. The second-order valence-electron chi connectivity index (χ2n) is 5.78. The van der Waals surface area contributed by atoms with Crippen molar-refractivity contribution in [2.75, 3.05) is 0 Å². The average molecular weight is 312 g/mol. The summed E-state index contributed by atoms with van der Waals surface area (Å²) in [5.41, 5.74) is 2.66. The van der Waals surface area contributed by atoms with Gasteiger partial charge < -0.3 is 5.32 Å². The maximum absolute atomic E-state index is 12.3. The van der Waals surface area contributed by atoms with Gasteiger partial charge in [0, 0.05) is 22.7 Å². The fourth-order valence-electron chi connectivity index (χ4n) is 2.70. The minimum absolute atomic E-state index is 0.0271. The van der Waals surface area contributed by atoms with Gasteiger partial charge in [0.2, 0.25) is 0 Å². The number of hydrogen-bond acceptors (Lipinski definition) is 3. The molecule has 0 saturated carbocycles. The summed E-state index contributed by atoms with van der Waals surface area (Å²) in [7, 11) is 0. The summed E-state index contributed by atoms with van der Waals surface area (Å²) >= 11 is 0. The van der Waals surface area contributed by atoms with E-state index in [0.29, 0.717) is 16.7 Å². The number of benzene rings is 2. The molecular weight excluding hydrogens is 292 g/mol. The molecule has 1 atom stereocenters. The number of nitro benzene ring substituents is 1. The molecule has 120 valence electrons. The van der Waals surface area contributed by atoms with Gasteiger partial charge in [-0.1, -0.05) is 30.3 Å². The highest BCUT2D eigenvalue weighted by Gasteiger charge is 2.19. The summed E-state index contributed by atoms with van der Waals surface area (Å²) in [6, 6.07) is 13.0. The second kappa shape index (κ2) is 7.05. The fourth-order valence-corrected chi connectivity index (χ4v) is 2.70. The van der Waals surface area contributed by atoms with Crippen LogP contribution in [0.3, 0.4) is 0 Å². The van der Waals surface area contributed by atoms with Crippen LogP contribution < -0.4 is 5.32 Å². The maximum atomic E-state index is 12.3. The van der Waals surface area contributed by atoms with E-state index in [1.165, 1.54) is 0 Å². The SMILES string of the molecule is Cc1cc(C(=O)N[C@H](C)Cc2ccccc2)cc(C)c1[N+](=O)[O-]. The number of hydrogen-bond donors (Lipinski definition) is 1. The van der Waals surface area contributed by atoms with Gasteiger partial charge in [0.15, 0.2) is 0 Å². The lowest BCUT2D eigenvalue weighted by Crippen LogP contribution is -2.34. The van der Waals surface area contributed by atoms with Crippen LogP contribution in [0.4, 0.5) is 5.69 Å². The van der Waals surface area contributed by atoms with Crippen molar-refractivity contribution < 1.29 is 9.72 Å². The topological polar surface area (TPSA) is 72.2 Å². The second-order valence-corrected chi connectivity index (χ2v) is 5.78. The summed E-state index contributed by atoms with van der Waals surface area (Å²) in [4.78, 5) is 22.9. The number of amides is 1. The van der Waals surface area contributed by atoms with Crippen LogP contribution in [0.5, 0.6) is 0 Å². The van der Waals surface area contributed by atoms with Crippen LogP contribution >= 0.6 is 0 Å². The van der Waals surface area contributed by atoms with Crippen LogP contribution in [-0.4, -0.2) is 16.9 Å². The molecule has 2 aromatic rings. The van der Waals surface area contributed by atoms with Crippen molar-refractivity contribution in [1.29, 1.82) is 0 Å². The molecule has 2 aromatic carbocycles. The first-order valence-corrected chi connectivity index (χ1v) is 7.49. The van der Waals surface area contributed by atoms with Gasteiger partial charge in [-0.25, -0.2) is 0 Å². The molecule has 23 heavy (non-hydrogen) atoms. The lowest BCUT2D eigenvalue weighted by Gasteiger charge is -2.15. The Kier molecular flexibility index (Phi) is 5.11. The molecule has 0 radical (unpaired) electrons. The van der Waals surface area contributed by atoms with E-state index in [2.05, 4.69) is 5.32 Å². The van der Waals surface area contributed by atoms with E-state index in [1.54, 1.807) is 26.0 Å². The largest absolute Gasteiger partial charge is 0.349 e. The van der Waals surface area contributed by atoms with E-state index in [-0.39, 0.29) is 17.6 Å². The standard InChI is InChI=1S/C18H20N2O3/c1-12-9-16(10-13(2)17(12)20(22)23)18(21)19-14(3)11-15-7-5-4-6-8-15/h4-10,14H,11H2,1-3H3,(H,19,21)/t14-/m1/s1. The Morgan fingerprint density at radius 2 is 1.74 bits per heavy atom. The number of nitrogens with zero attached hydrogens (tertiary/aromatic N) is 1. The zero-order valence-electron chi connectivity index (χ0n) is 13.5. The first-order valence-electron chi connectivity index (χ1n) is 7.49. The Balaban J connectivity index is 2.10. The molecule has 1 N–H and O–H groups in total. The highest BCUT2D eigenvalue weighted by Crippen LogP contribution is 2.24. The molecule has 0 unspecified atom stereocenters. The summed E-state index contributed by atoms with van der Waals surface area (Å²) in [5.74, 6) is -0.213. The van der Waals surface area contributed by atoms with Crippen molar-refractivity contribution in [3.63, 3.8) is 0 Å². The predicted octanol–water partition coefficient (Wildman–Crippen LogP) is 3.57. The lowest BCUT2D eigenvalue weighted by atomic mass is 10.0. The Morgan fingerprint density at radius 3 is 2.26 bits per heavy atom. The molecule has 0 aliphatic rings. The van der Waals surface area contributed by atoms with Crippen molar-refractivity contribution in [2.24, 2.45) is 0 Å². The van der Waals surface area contributed by atoms with Gasteiger partial charge in [-0.3, -0.25) is 14.9 Å².